The zero-order valence-corrected chi connectivity index (χ0v) is 28.4. The number of carbonyl (C=O) groups excluding carboxylic acids is 1. The summed E-state index contributed by atoms with van der Waals surface area (Å²) in [7, 11) is -3.99. The number of carbonyl (C=O) groups is 1. The molecule has 0 spiro atoms. The minimum Gasteiger partial charge on any atom is -0.446 e. The lowest BCUT2D eigenvalue weighted by Gasteiger charge is -2.33. The standard InChI is InChI=1S/C34H44N4O7S2/c1-20(2)17-38(47(41,42)24-10-11-26-30(16-24)46-33(36-26)35-23-8-9-23)18-28(39)27(14-21-6-4-3-5-7-21)37-34(40)45-29-15-22-19-44-32-31(22)25(29)12-13-43-32/h3-7,10-11,16,20,22-23,25,27-29,31-32,39H,8-9,12-15,17-19H2,1-2H3,(H,35,36)(H,37,40)/t22?,25-,27-,28+,29-,31+,32+/m0/s1. The highest BCUT2D eigenvalue weighted by Gasteiger charge is 2.55. The lowest BCUT2D eigenvalue weighted by Crippen LogP contribution is -2.51. The van der Waals surface area contributed by atoms with Gasteiger partial charge in [0.2, 0.25) is 10.0 Å². The molecule has 4 aliphatic rings. The third-order valence-electron chi connectivity index (χ3n) is 9.76. The van der Waals surface area contributed by atoms with E-state index in [0.717, 1.165) is 46.6 Å². The van der Waals surface area contributed by atoms with Crippen LogP contribution in [-0.4, -0.2) is 85.8 Å². The van der Waals surface area contributed by atoms with Gasteiger partial charge in [-0.3, -0.25) is 0 Å². The van der Waals surface area contributed by atoms with Crippen molar-refractivity contribution in [3.8, 4) is 0 Å². The Labute approximate surface area is 280 Å². The van der Waals surface area contributed by atoms with E-state index in [-0.39, 0.29) is 48.1 Å². The molecule has 2 saturated heterocycles. The summed E-state index contributed by atoms with van der Waals surface area (Å²) in [5, 5.41) is 18.8. The van der Waals surface area contributed by atoms with Gasteiger partial charge < -0.3 is 30.0 Å². The molecule has 2 aliphatic heterocycles. The molecule has 11 nitrogen and oxygen atoms in total. The minimum atomic E-state index is -3.99. The number of hydrogen-bond donors (Lipinski definition) is 3. The molecule has 2 aliphatic carbocycles. The summed E-state index contributed by atoms with van der Waals surface area (Å²) < 4.78 is 48.0. The van der Waals surface area contributed by atoms with E-state index >= 15 is 0 Å². The number of fused-ring (bicyclic) bond motifs is 1. The van der Waals surface area contributed by atoms with E-state index in [9.17, 15) is 18.3 Å². The lowest BCUT2D eigenvalue weighted by molar-refractivity contribution is -0.173. The summed E-state index contributed by atoms with van der Waals surface area (Å²) in [6.45, 7) is 5.07. The van der Waals surface area contributed by atoms with Gasteiger partial charge in [0.1, 0.15) is 6.10 Å². The molecule has 1 aromatic heterocycles. The number of nitrogens with one attached hydrogen (secondary N) is 2. The summed E-state index contributed by atoms with van der Waals surface area (Å²) in [6.07, 6.45) is 1.77. The zero-order chi connectivity index (χ0) is 32.7. The molecule has 7 atom stereocenters. The molecular weight excluding hydrogens is 641 g/mol. The second kappa shape index (κ2) is 13.6. The van der Waals surface area contributed by atoms with Gasteiger partial charge in [-0.05, 0) is 67.7 Å². The summed E-state index contributed by atoms with van der Waals surface area (Å²) in [5.74, 6) is 0.701. The van der Waals surface area contributed by atoms with E-state index in [0.29, 0.717) is 31.6 Å². The van der Waals surface area contributed by atoms with Gasteiger partial charge in [-0.2, -0.15) is 4.31 Å². The molecular formula is C34H44N4O7S2. The van der Waals surface area contributed by atoms with Crippen LogP contribution in [0, 0.1) is 23.7 Å². The minimum absolute atomic E-state index is 0.00181. The van der Waals surface area contributed by atoms with Crippen LogP contribution in [0.3, 0.4) is 0 Å². The summed E-state index contributed by atoms with van der Waals surface area (Å²) >= 11 is 1.44. The van der Waals surface area contributed by atoms with Gasteiger partial charge in [0.25, 0.3) is 0 Å². The van der Waals surface area contributed by atoms with Crippen molar-refractivity contribution in [3.63, 3.8) is 0 Å². The summed E-state index contributed by atoms with van der Waals surface area (Å²) in [6, 6.07) is 14.2. The fourth-order valence-electron chi connectivity index (χ4n) is 7.32. The van der Waals surface area contributed by atoms with Gasteiger partial charge in [0.05, 0.1) is 40.5 Å². The molecule has 1 amide bonds. The first-order valence-electron chi connectivity index (χ1n) is 16.7. The molecule has 2 saturated carbocycles. The molecule has 13 heteroatoms. The molecule has 3 N–H and O–H groups in total. The van der Waals surface area contributed by atoms with Crippen molar-refractivity contribution in [1.82, 2.24) is 14.6 Å². The average Bonchev–Trinajstić information content (AvgIpc) is 3.45. The van der Waals surface area contributed by atoms with E-state index in [4.69, 9.17) is 14.2 Å². The Morgan fingerprint density at radius 3 is 2.70 bits per heavy atom. The molecule has 4 fully saturated rings. The summed E-state index contributed by atoms with van der Waals surface area (Å²) in [4.78, 5) is 18.2. The topological polar surface area (TPSA) is 139 Å². The van der Waals surface area contributed by atoms with Gasteiger partial charge in [0.15, 0.2) is 11.4 Å². The van der Waals surface area contributed by atoms with Crippen molar-refractivity contribution < 1.29 is 32.5 Å². The van der Waals surface area contributed by atoms with Crippen LogP contribution in [0.2, 0.25) is 0 Å². The van der Waals surface area contributed by atoms with E-state index in [1.54, 1.807) is 18.2 Å². The number of aliphatic hydroxyl groups is 1. The maximum Gasteiger partial charge on any atom is 0.407 e. The summed E-state index contributed by atoms with van der Waals surface area (Å²) in [5.41, 5.74) is 1.65. The first kappa shape index (κ1) is 32.7. The molecule has 0 radical (unpaired) electrons. The smallest absolute Gasteiger partial charge is 0.407 e. The predicted molar refractivity (Wildman–Crippen MR) is 179 cm³/mol. The van der Waals surface area contributed by atoms with Crippen LogP contribution < -0.4 is 10.6 Å². The number of hydrogen-bond acceptors (Lipinski definition) is 10. The molecule has 0 bridgehead atoms. The quantitative estimate of drug-likeness (QED) is 0.236. The SMILES string of the molecule is CC(C)CN(C[C@@H](O)[C@H](Cc1ccccc1)NC(=O)O[C@H]1CC2CO[C@H]3OCC[C@@H]1[C@@H]23)S(=O)(=O)c1ccc2nc(NC3CC3)sc2c1. The number of amides is 1. The van der Waals surface area contributed by atoms with Gasteiger partial charge in [0, 0.05) is 31.0 Å². The number of ether oxygens (including phenoxy) is 3. The Balaban J connectivity index is 1.08. The van der Waals surface area contributed by atoms with Gasteiger partial charge in [-0.1, -0.05) is 55.5 Å². The molecule has 1 unspecified atom stereocenters. The number of benzene rings is 2. The van der Waals surface area contributed by atoms with Crippen LogP contribution in [0.15, 0.2) is 53.4 Å². The Hall–Kier alpha value is -2.81. The third kappa shape index (κ3) is 7.30. The van der Waals surface area contributed by atoms with Gasteiger partial charge in [-0.25, -0.2) is 18.2 Å². The van der Waals surface area contributed by atoms with Crippen LogP contribution in [0.4, 0.5) is 9.93 Å². The van der Waals surface area contributed by atoms with Crippen LogP contribution in [0.1, 0.15) is 45.1 Å². The second-order valence-corrected chi connectivity index (χ2v) is 16.8. The predicted octanol–water partition coefficient (Wildman–Crippen LogP) is 4.61. The van der Waals surface area contributed by atoms with Crippen molar-refractivity contribution >= 4 is 42.8 Å². The first-order chi connectivity index (χ1) is 22.6. The Morgan fingerprint density at radius 2 is 1.94 bits per heavy atom. The Kier molecular flexibility index (Phi) is 9.47. The second-order valence-electron chi connectivity index (χ2n) is 13.8. The molecule has 254 valence electrons. The number of sulfonamides is 1. The Bertz CT molecular complexity index is 1660. The van der Waals surface area contributed by atoms with Crippen molar-refractivity contribution in [1.29, 1.82) is 0 Å². The average molecular weight is 685 g/mol. The van der Waals surface area contributed by atoms with Crippen molar-refractivity contribution in [2.24, 2.45) is 23.7 Å². The van der Waals surface area contributed by atoms with Crippen LogP contribution >= 0.6 is 11.3 Å². The molecule has 47 heavy (non-hydrogen) atoms. The largest absolute Gasteiger partial charge is 0.446 e. The van der Waals surface area contributed by atoms with E-state index in [2.05, 4.69) is 15.6 Å². The van der Waals surface area contributed by atoms with Crippen LogP contribution in [-0.2, 0) is 30.7 Å². The molecule has 7 rings (SSSR count). The maximum absolute atomic E-state index is 14.1. The maximum atomic E-state index is 14.1. The first-order valence-corrected chi connectivity index (χ1v) is 19.0. The third-order valence-corrected chi connectivity index (χ3v) is 12.5. The lowest BCUT2D eigenvalue weighted by atomic mass is 9.87. The normalized spacial score (nSPS) is 26.8. The number of anilines is 1. The monoisotopic (exact) mass is 684 g/mol. The molecule has 3 heterocycles. The number of aromatic nitrogens is 1. The van der Waals surface area contributed by atoms with E-state index in [1.165, 1.54) is 15.6 Å². The van der Waals surface area contributed by atoms with Crippen molar-refractivity contribution in [2.45, 2.75) is 81.4 Å². The van der Waals surface area contributed by atoms with E-state index in [1.807, 2.05) is 44.2 Å². The van der Waals surface area contributed by atoms with Gasteiger partial charge in [-0.15, -0.1) is 0 Å². The van der Waals surface area contributed by atoms with Crippen LogP contribution in [0.5, 0.6) is 0 Å². The number of aliphatic hydroxyl groups excluding tert-OH is 1. The fourth-order valence-corrected chi connectivity index (χ4v) is 10.0. The zero-order valence-electron chi connectivity index (χ0n) is 26.8. The van der Waals surface area contributed by atoms with Crippen molar-refractivity contribution in [2.75, 3.05) is 31.6 Å². The molecule has 3 aromatic rings. The highest BCUT2D eigenvalue weighted by Crippen LogP contribution is 2.50. The number of rotatable bonds is 13. The Morgan fingerprint density at radius 1 is 1.13 bits per heavy atom. The van der Waals surface area contributed by atoms with E-state index < -0.39 is 28.3 Å². The highest BCUT2D eigenvalue weighted by molar-refractivity contribution is 7.89. The highest BCUT2D eigenvalue weighted by atomic mass is 32.2. The fraction of sp³-hybridized carbons (Fsp3) is 0.588. The number of alkyl carbamates (subject to hydrolysis) is 1. The number of nitrogens with zero attached hydrogens (tertiary/aromatic N) is 2. The van der Waals surface area contributed by atoms with Crippen molar-refractivity contribution in [3.05, 3.63) is 54.1 Å². The molecule has 2 aromatic carbocycles. The number of thiazole rings is 1. The van der Waals surface area contributed by atoms with Crippen LogP contribution in [0.25, 0.3) is 10.2 Å². The van der Waals surface area contributed by atoms with Gasteiger partial charge >= 0.3 is 6.09 Å².